The lowest BCUT2D eigenvalue weighted by Gasteiger charge is -2.39. The largest absolute Gasteiger partial charge is 0.347 e. The number of hydrogen-bond donors (Lipinski definition) is 1. The van der Waals surface area contributed by atoms with Gasteiger partial charge in [-0.15, -0.1) is 0 Å². The van der Waals surface area contributed by atoms with Crippen molar-refractivity contribution in [1.82, 2.24) is 30.0 Å². The molecule has 0 aromatic carbocycles. The molecule has 8 nitrogen and oxygen atoms in total. The van der Waals surface area contributed by atoms with Crippen molar-refractivity contribution in [3.05, 3.63) is 35.4 Å². The molecule has 0 spiro atoms. The number of carbonyl (C=O) groups is 1. The van der Waals surface area contributed by atoms with Gasteiger partial charge in [-0.25, -0.2) is 9.97 Å². The van der Waals surface area contributed by atoms with Gasteiger partial charge < -0.3 is 9.80 Å². The predicted molar refractivity (Wildman–Crippen MR) is 95.5 cm³/mol. The van der Waals surface area contributed by atoms with Crippen LogP contribution in [0.3, 0.4) is 0 Å². The Morgan fingerprint density at radius 3 is 2.60 bits per heavy atom. The van der Waals surface area contributed by atoms with Crippen molar-refractivity contribution >= 4 is 11.9 Å². The van der Waals surface area contributed by atoms with Crippen LogP contribution in [0.5, 0.6) is 0 Å². The van der Waals surface area contributed by atoms with Gasteiger partial charge in [-0.1, -0.05) is 0 Å². The van der Waals surface area contributed by atoms with E-state index < -0.39 is 0 Å². The Balaban J connectivity index is 1.59. The summed E-state index contributed by atoms with van der Waals surface area (Å²) in [5.41, 5.74) is 2.47. The average molecular weight is 343 g/mol. The first-order chi connectivity index (χ1) is 11.9. The first kappa shape index (κ1) is 17.3. The molecule has 0 saturated carbocycles. The van der Waals surface area contributed by atoms with E-state index in [2.05, 4.69) is 32.0 Å². The topological polar surface area (TPSA) is 81.2 Å². The summed E-state index contributed by atoms with van der Waals surface area (Å²) in [6.45, 7) is 7.05. The van der Waals surface area contributed by atoms with Gasteiger partial charge in [0.25, 0.3) is 5.91 Å². The maximum absolute atomic E-state index is 12.5. The van der Waals surface area contributed by atoms with Crippen LogP contribution >= 0.6 is 0 Å². The molecule has 2 aromatic heterocycles. The van der Waals surface area contributed by atoms with Crippen molar-refractivity contribution in [2.45, 2.75) is 26.4 Å². The minimum absolute atomic E-state index is 0.00507. The second kappa shape index (κ2) is 7.18. The fraction of sp³-hybridized carbons (Fsp3) is 0.529. The van der Waals surface area contributed by atoms with Crippen LogP contribution in [-0.2, 0) is 6.54 Å². The van der Waals surface area contributed by atoms with E-state index in [9.17, 15) is 4.79 Å². The van der Waals surface area contributed by atoms with E-state index in [1.54, 1.807) is 6.07 Å². The Labute approximate surface area is 147 Å². The van der Waals surface area contributed by atoms with E-state index >= 15 is 0 Å². The van der Waals surface area contributed by atoms with E-state index in [1.165, 1.54) is 0 Å². The zero-order valence-electron chi connectivity index (χ0n) is 15.2. The standard InChI is InChI=1S/C17H25N7O/c1-12-7-15(21-20-12)16(25)24-6-5-23(13(2)10-24)11-14-8-18-17(19-9-14)22(3)4/h7-9,13H,5-6,10-11H2,1-4H3,(H,20,21)/t13-/m1/s1. The van der Waals surface area contributed by atoms with Gasteiger partial charge in [0.2, 0.25) is 5.95 Å². The molecule has 1 amide bonds. The third-order valence-electron chi connectivity index (χ3n) is 4.45. The summed E-state index contributed by atoms with van der Waals surface area (Å²) in [5.74, 6) is 0.705. The Hall–Kier alpha value is -2.48. The Kier molecular flexibility index (Phi) is 4.98. The minimum atomic E-state index is -0.00507. The smallest absolute Gasteiger partial charge is 0.274 e. The predicted octanol–water partition coefficient (Wildman–Crippen LogP) is 0.921. The van der Waals surface area contributed by atoms with Gasteiger partial charge in [-0.3, -0.25) is 14.8 Å². The van der Waals surface area contributed by atoms with Gasteiger partial charge in [0.05, 0.1) is 0 Å². The first-order valence-electron chi connectivity index (χ1n) is 8.47. The molecule has 0 unspecified atom stereocenters. The van der Waals surface area contributed by atoms with Gasteiger partial charge in [0.15, 0.2) is 0 Å². The average Bonchev–Trinajstić information content (AvgIpc) is 3.03. The van der Waals surface area contributed by atoms with E-state index in [0.717, 1.165) is 24.3 Å². The number of H-pyrrole nitrogens is 1. The van der Waals surface area contributed by atoms with Crippen LogP contribution in [0.15, 0.2) is 18.5 Å². The Morgan fingerprint density at radius 2 is 2.04 bits per heavy atom. The second-order valence-corrected chi connectivity index (χ2v) is 6.79. The SMILES string of the molecule is Cc1cc(C(=O)N2CCN(Cc3cnc(N(C)C)nc3)[C@H](C)C2)n[nH]1. The lowest BCUT2D eigenvalue weighted by atomic mass is 10.1. The number of nitrogens with zero attached hydrogens (tertiary/aromatic N) is 6. The third-order valence-corrected chi connectivity index (χ3v) is 4.45. The van der Waals surface area contributed by atoms with Crippen LogP contribution in [0.4, 0.5) is 5.95 Å². The highest BCUT2D eigenvalue weighted by Gasteiger charge is 2.28. The lowest BCUT2D eigenvalue weighted by Crippen LogP contribution is -2.53. The second-order valence-electron chi connectivity index (χ2n) is 6.79. The Bertz CT molecular complexity index is 725. The number of hydrogen-bond acceptors (Lipinski definition) is 6. The highest BCUT2D eigenvalue weighted by atomic mass is 16.2. The summed E-state index contributed by atoms with van der Waals surface area (Å²) in [5, 5.41) is 6.90. The van der Waals surface area contributed by atoms with Crippen molar-refractivity contribution in [1.29, 1.82) is 0 Å². The van der Waals surface area contributed by atoms with Crippen LogP contribution in [-0.4, -0.2) is 75.6 Å². The summed E-state index contributed by atoms with van der Waals surface area (Å²) in [6.07, 6.45) is 3.75. The summed E-state index contributed by atoms with van der Waals surface area (Å²) in [6, 6.07) is 2.06. The maximum Gasteiger partial charge on any atom is 0.274 e. The molecule has 0 aliphatic carbocycles. The van der Waals surface area contributed by atoms with Gasteiger partial charge >= 0.3 is 0 Å². The molecule has 1 N–H and O–H groups in total. The molecule has 2 aromatic rings. The third kappa shape index (κ3) is 3.96. The molecule has 3 heterocycles. The normalized spacial score (nSPS) is 18.4. The molecule has 3 rings (SSSR count). The fourth-order valence-corrected chi connectivity index (χ4v) is 3.00. The van der Waals surface area contributed by atoms with Crippen molar-refractivity contribution in [2.24, 2.45) is 0 Å². The van der Waals surface area contributed by atoms with Gasteiger partial charge in [0.1, 0.15) is 5.69 Å². The number of anilines is 1. The fourth-order valence-electron chi connectivity index (χ4n) is 3.00. The van der Waals surface area contributed by atoms with Crippen LogP contribution in [0.25, 0.3) is 0 Å². The van der Waals surface area contributed by atoms with Crippen LogP contribution in [0, 0.1) is 6.92 Å². The number of aromatic nitrogens is 4. The summed E-state index contributed by atoms with van der Waals surface area (Å²) < 4.78 is 0. The molecule has 1 aliphatic rings. The molecule has 25 heavy (non-hydrogen) atoms. The van der Waals surface area contributed by atoms with E-state index in [4.69, 9.17) is 0 Å². The molecule has 134 valence electrons. The van der Waals surface area contributed by atoms with Crippen LogP contribution < -0.4 is 4.90 Å². The van der Waals surface area contributed by atoms with Crippen molar-refractivity contribution in [2.75, 3.05) is 38.6 Å². The number of aromatic amines is 1. The number of carbonyl (C=O) groups excluding carboxylic acids is 1. The van der Waals surface area contributed by atoms with Crippen LogP contribution in [0.2, 0.25) is 0 Å². The zero-order valence-corrected chi connectivity index (χ0v) is 15.2. The highest BCUT2D eigenvalue weighted by molar-refractivity contribution is 5.92. The summed E-state index contributed by atoms with van der Waals surface area (Å²) >= 11 is 0. The minimum Gasteiger partial charge on any atom is -0.347 e. The highest BCUT2D eigenvalue weighted by Crippen LogP contribution is 2.16. The van der Waals surface area contributed by atoms with Gasteiger partial charge in [0, 0.05) is 70.0 Å². The van der Waals surface area contributed by atoms with E-state index in [-0.39, 0.29) is 11.9 Å². The first-order valence-corrected chi connectivity index (χ1v) is 8.47. The maximum atomic E-state index is 12.5. The zero-order chi connectivity index (χ0) is 18.0. The number of nitrogens with one attached hydrogen (secondary N) is 1. The summed E-state index contributed by atoms with van der Waals surface area (Å²) in [7, 11) is 3.85. The number of amides is 1. The monoisotopic (exact) mass is 343 g/mol. The molecular formula is C17H25N7O. The molecule has 1 saturated heterocycles. The van der Waals surface area contributed by atoms with Crippen molar-refractivity contribution < 1.29 is 4.79 Å². The molecule has 1 atom stereocenters. The lowest BCUT2D eigenvalue weighted by molar-refractivity contribution is 0.0489. The molecule has 0 radical (unpaired) electrons. The molecular weight excluding hydrogens is 318 g/mol. The number of rotatable bonds is 4. The van der Waals surface area contributed by atoms with Crippen LogP contribution in [0.1, 0.15) is 28.7 Å². The number of piperazine rings is 1. The van der Waals surface area contributed by atoms with Crippen molar-refractivity contribution in [3.8, 4) is 0 Å². The molecule has 1 aliphatic heterocycles. The summed E-state index contributed by atoms with van der Waals surface area (Å²) in [4.78, 5) is 27.4. The Morgan fingerprint density at radius 1 is 1.32 bits per heavy atom. The quantitative estimate of drug-likeness (QED) is 0.889. The van der Waals surface area contributed by atoms with Crippen molar-refractivity contribution in [3.63, 3.8) is 0 Å². The van der Waals surface area contributed by atoms with E-state index in [0.29, 0.717) is 24.7 Å². The molecule has 1 fully saturated rings. The van der Waals surface area contributed by atoms with Gasteiger partial charge in [-0.2, -0.15) is 5.10 Å². The van der Waals surface area contributed by atoms with E-state index in [1.807, 2.05) is 43.2 Å². The molecule has 0 bridgehead atoms. The molecule has 8 heteroatoms. The van der Waals surface area contributed by atoms with Gasteiger partial charge in [-0.05, 0) is 19.9 Å². The number of aryl methyl sites for hydroxylation is 1.